The van der Waals surface area contributed by atoms with Gasteiger partial charge in [-0.25, -0.2) is 0 Å². The summed E-state index contributed by atoms with van der Waals surface area (Å²) in [6.07, 6.45) is 0. The van der Waals surface area contributed by atoms with Crippen molar-refractivity contribution in [3.63, 3.8) is 0 Å². The van der Waals surface area contributed by atoms with Crippen LogP contribution in [0.5, 0.6) is 11.5 Å². The van der Waals surface area contributed by atoms with Gasteiger partial charge < -0.3 is 27.8 Å². The zero-order valence-corrected chi connectivity index (χ0v) is 51.1. The molecule has 0 saturated heterocycles. The predicted octanol–water partition coefficient (Wildman–Crippen LogP) is 19.3. The van der Waals surface area contributed by atoms with Crippen LogP contribution in [0.3, 0.4) is 0 Å². The number of para-hydroxylation sites is 4. The molecule has 0 N–H and O–H groups in total. The molecule has 430 valence electrons. The lowest BCUT2D eigenvalue weighted by Gasteiger charge is -2.41. The summed E-state index contributed by atoms with van der Waals surface area (Å²) >= 11 is 0. The van der Waals surface area contributed by atoms with Crippen LogP contribution in [0.1, 0.15) is 63.8 Å². The molecule has 0 atom stereocenters. The molecular weight excluding hydrogens is 1110 g/mol. The van der Waals surface area contributed by atoms with E-state index in [2.05, 4.69) is 285 Å². The Hall–Kier alpha value is -11.5. The molecule has 18 rings (SSSR count). The molecular formula is C82H57BN6O2. The van der Waals surface area contributed by atoms with Crippen LogP contribution in [0.2, 0.25) is 0 Å². The van der Waals surface area contributed by atoms with Crippen molar-refractivity contribution >= 4 is 128 Å². The largest absolute Gasteiger partial charge is 0.458 e. The zero-order chi connectivity index (χ0) is 61.3. The van der Waals surface area contributed by atoms with E-state index in [9.17, 15) is 10.5 Å². The highest BCUT2D eigenvalue weighted by Crippen LogP contribution is 2.51. The molecule has 16 aromatic rings. The van der Waals surface area contributed by atoms with Crippen LogP contribution in [0.25, 0.3) is 116 Å². The third kappa shape index (κ3) is 7.62. The number of aromatic nitrogens is 3. The van der Waals surface area contributed by atoms with Gasteiger partial charge in [-0.1, -0.05) is 163 Å². The van der Waals surface area contributed by atoms with E-state index in [1.807, 2.05) is 24.3 Å². The molecule has 0 unspecified atom stereocenters. The fraction of sp³-hybridized carbons (Fsp3) is 0.0976. The summed E-state index contributed by atoms with van der Waals surface area (Å²) in [4.78, 5) is 2.49. The lowest BCUT2D eigenvalue weighted by molar-refractivity contribution is 0.487. The van der Waals surface area contributed by atoms with Crippen molar-refractivity contribution in [3.8, 4) is 51.8 Å². The predicted molar refractivity (Wildman–Crippen MR) is 375 cm³/mol. The molecule has 4 aromatic heterocycles. The average Bonchev–Trinajstić information content (AvgIpc) is 1.67. The quantitative estimate of drug-likeness (QED) is 0.160. The van der Waals surface area contributed by atoms with Gasteiger partial charge in [-0.05, 0) is 147 Å². The molecule has 6 heterocycles. The van der Waals surface area contributed by atoms with Gasteiger partial charge in [-0.2, -0.15) is 10.5 Å². The molecule has 8 nitrogen and oxygen atoms in total. The third-order valence-corrected chi connectivity index (χ3v) is 19.4. The van der Waals surface area contributed by atoms with Crippen molar-refractivity contribution in [1.29, 1.82) is 10.5 Å². The number of ether oxygens (including phenoxy) is 1. The Bertz CT molecular complexity index is 5880. The van der Waals surface area contributed by atoms with Crippen LogP contribution < -0.4 is 26.0 Å². The van der Waals surface area contributed by atoms with Crippen molar-refractivity contribution in [2.24, 2.45) is 0 Å². The van der Waals surface area contributed by atoms with Crippen molar-refractivity contribution in [2.75, 3.05) is 4.90 Å². The summed E-state index contributed by atoms with van der Waals surface area (Å²) in [5, 5.41) is 29.0. The maximum Gasteiger partial charge on any atom is 0.261 e. The smallest absolute Gasteiger partial charge is 0.261 e. The Kier molecular flexibility index (Phi) is 11.0. The summed E-state index contributed by atoms with van der Waals surface area (Å²) in [5.41, 5.74) is 22.4. The molecule has 0 spiro atoms. The first-order valence-corrected chi connectivity index (χ1v) is 31.2. The van der Waals surface area contributed by atoms with E-state index in [1.54, 1.807) is 0 Å². The fourth-order valence-corrected chi connectivity index (χ4v) is 15.2. The molecule has 2 aliphatic rings. The molecule has 0 bridgehead atoms. The molecule has 0 fully saturated rings. The van der Waals surface area contributed by atoms with Crippen molar-refractivity contribution in [2.45, 2.75) is 52.4 Å². The lowest BCUT2D eigenvalue weighted by atomic mass is 9.34. The third-order valence-electron chi connectivity index (χ3n) is 19.4. The van der Waals surface area contributed by atoms with E-state index >= 15 is 0 Å². The van der Waals surface area contributed by atoms with Crippen LogP contribution >= 0.6 is 0 Å². The second-order valence-electron chi connectivity index (χ2n) is 26.7. The second-order valence-corrected chi connectivity index (χ2v) is 26.7. The van der Waals surface area contributed by atoms with Gasteiger partial charge in [0.2, 0.25) is 0 Å². The van der Waals surface area contributed by atoms with Gasteiger partial charge in [0.1, 0.15) is 22.7 Å². The number of anilines is 3. The standard InChI is InChI=1S/C82H57BN6O2/c1-81(2,3)51-30-36-68-61(40-51)62-41-52(82(4,5)6)31-37-69(62)87(68)54-42-72-78-76(44-54)90-75-43-53(86-65-25-15-11-21-56(65)59-38-48(46-84)28-34-67(59)86)32-33-63(75)83(78)79-73(89(72)64-24-14-10-20-55(64)50-18-8-7-9-19-50)45-71(77-58-23-13-17-27-74(58)91-80(77)79)88-66-26-16-12-22-57(66)60-39-49(47-85)29-35-70(60)88/h7-45H,1-6H3. The fourth-order valence-electron chi connectivity index (χ4n) is 15.2. The summed E-state index contributed by atoms with van der Waals surface area (Å²) in [7, 11) is 0. The highest BCUT2D eigenvalue weighted by molar-refractivity contribution is 7.00. The molecule has 12 aromatic carbocycles. The Balaban J connectivity index is 1.00. The van der Waals surface area contributed by atoms with Gasteiger partial charge in [0, 0.05) is 72.5 Å². The molecule has 0 amide bonds. The maximum absolute atomic E-state index is 10.4. The lowest BCUT2D eigenvalue weighted by Crippen LogP contribution is -2.59. The number of hydrogen-bond acceptors (Lipinski definition) is 5. The van der Waals surface area contributed by atoms with Crippen LogP contribution in [-0.2, 0) is 10.8 Å². The number of nitriles is 2. The van der Waals surface area contributed by atoms with E-state index in [1.165, 1.54) is 21.9 Å². The van der Waals surface area contributed by atoms with E-state index in [4.69, 9.17) is 9.15 Å². The first kappa shape index (κ1) is 52.6. The van der Waals surface area contributed by atoms with Crippen molar-refractivity contribution in [1.82, 2.24) is 13.7 Å². The van der Waals surface area contributed by atoms with Gasteiger partial charge >= 0.3 is 0 Å². The maximum atomic E-state index is 10.4. The highest BCUT2D eigenvalue weighted by Gasteiger charge is 2.46. The SMILES string of the molecule is CC(C)(C)c1ccc2c(c1)c1cc(C(C)(C)C)ccc1n2-c1cc2c3c(c1)N(c1ccccc1-c1ccccc1)c1cc(-n4c5ccccc5c5cc(C#N)ccc54)c4c(oc5ccccc54)c1B3c1ccc(-n3c4ccccc4c4cc(C#N)ccc43)cc1O2. The summed E-state index contributed by atoms with van der Waals surface area (Å²) < 4.78 is 22.5. The topological polar surface area (TPSA) is 88.0 Å². The number of rotatable bonds is 5. The van der Waals surface area contributed by atoms with Gasteiger partial charge in [0.15, 0.2) is 0 Å². The van der Waals surface area contributed by atoms with Crippen molar-refractivity contribution < 1.29 is 9.15 Å². The van der Waals surface area contributed by atoms with Gasteiger partial charge in [-0.3, -0.25) is 0 Å². The van der Waals surface area contributed by atoms with Gasteiger partial charge in [0.25, 0.3) is 6.71 Å². The van der Waals surface area contributed by atoms with E-state index in [0.717, 1.165) is 150 Å². The minimum Gasteiger partial charge on any atom is -0.458 e. The Labute approximate surface area is 525 Å². The molecule has 0 aliphatic carbocycles. The summed E-state index contributed by atoms with van der Waals surface area (Å²) in [6.45, 7) is 13.4. The number of nitrogens with zero attached hydrogens (tertiary/aromatic N) is 6. The van der Waals surface area contributed by atoms with Crippen LogP contribution in [-0.4, -0.2) is 20.4 Å². The Morgan fingerprint density at radius 1 is 0.385 bits per heavy atom. The van der Waals surface area contributed by atoms with Crippen LogP contribution in [0.15, 0.2) is 241 Å². The molecule has 9 heteroatoms. The first-order chi connectivity index (χ1) is 44.3. The minimum atomic E-state index is -0.404. The summed E-state index contributed by atoms with van der Waals surface area (Å²) in [6, 6.07) is 89.7. The van der Waals surface area contributed by atoms with Crippen LogP contribution in [0.4, 0.5) is 17.1 Å². The normalized spacial score (nSPS) is 13.0. The number of fused-ring (bicyclic) bond motifs is 17. The molecule has 91 heavy (non-hydrogen) atoms. The minimum absolute atomic E-state index is 0.0862. The van der Waals surface area contributed by atoms with E-state index < -0.39 is 6.71 Å². The first-order valence-electron chi connectivity index (χ1n) is 31.2. The molecule has 2 aliphatic heterocycles. The number of hydrogen-bond donors (Lipinski definition) is 0. The Morgan fingerprint density at radius 2 is 0.901 bits per heavy atom. The molecule has 0 saturated carbocycles. The average molecular weight is 1170 g/mol. The van der Waals surface area contributed by atoms with E-state index in [0.29, 0.717) is 11.1 Å². The second kappa shape index (κ2) is 19.0. The van der Waals surface area contributed by atoms with E-state index in [-0.39, 0.29) is 10.8 Å². The molecule has 0 radical (unpaired) electrons. The summed E-state index contributed by atoms with van der Waals surface area (Å²) in [5.74, 6) is 1.48. The van der Waals surface area contributed by atoms with Gasteiger partial charge in [-0.15, -0.1) is 0 Å². The van der Waals surface area contributed by atoms with Crippen molar-refractivity contribution in [3.05, 3.63) is 259 Å². The Morgan fingerprint density at radius 3 is 1.55 bits per heavy atom. The van der Waals surface area contributed by atoms with Crippen LogP contribution in [0, 0.1) is 22.7 Å². The van der Waals surface area contributed by atoms with Gasteiger partial charge in [0.05, 0.1) is 78.8 Å². The number of benzene rings is 12. The number of furan rings is 1. The zero-order valence-electron chi connectivity index (χ0n) is 51.1. The highest BCUT2D eigenvalue weighted by atomic mass is 16.5. The monoisotopic (exact) mass is 1170 g/mol.